The van der Waals surface area contributed by atoms with Crippen molar-refractivity contribution < 1.29 is 30.3 Å². The molecule has 0 aliphatic heterocycles. The average molecular weight is 325 g/mol. The number of aliphatic hydroxyl groups excluding tert-OH is 5. The molecule has 106 valence electrons. The van der Waals surface area contributed by atoms with E-state index in [2.05, 4.69) is 0 Å². The van der Waals surface area contributed by atoms with Gasteiger partial charge >= 0.3 is 0 Å². The molecular formula is C8H12Cl3NO6. The Balaban J connectivity index is 0. The van der Waals surface area contributed by atoms with Gasteiger partial charge < -0.3 is 30.3 Å². The first-order valence-corrected chi connectivity index (χ1v) is 5.50. The number of nitriles is 1. The van der Waals surface area contributed by atoms with E-state index < -0.39 is 34.8 Å². The molecule has 0 amide bonds. The van der Waals surface area contributed by atoms with Crippen LogP contribution in [0.1, 0.15) is 0 Å². The normalized spacial score (nSPS) is 17.5. The first-order chi connectivity index (χ1) is 8.10. The highest BCUT2D eigenvalue weighted by Crippen LogP contribution is 2.23. The number of aliphatic hydroxyl groups is 5. The number of aldehydes is 1. The third-order valence-electron chi connectivity index (χ3n) is 1.55. The Morgan fingerprint density at radius 1 is 1.17 bits per heavy atom. The molecule has 0 spiro atoms. The quantitative estimate of drug-likeness (QED) is 0.306. The molecule has 0 aliphatic carbocycles. The second kappa shape index (κ2) is 9.72. The van der Waals surface area contributed by atoms with Crippen molar-refractivity contribution >= 4 is 41.1 Å². The Bertz CT molecular complexity index is 279. The van der Waals surface area contributed by atoms with Crippen molar-refractivity contribution in [2.45, 2.75) is 28.2 Å². The zero-order valence-electron chi connectivity index (χ0n) is 8.82. The summed E-state index contributed by atoms with van der Waals surface area (Å²) < 4.78 is -1.74. The molecule has 4 atom stereocenters. The Morgan fingerprint density at radius 3 is 1.78 bits per heavy atom. The maximum absolute atomic E-state index is 9.90. The lowest BCUT2D eigenvalue weighted by molar-refractivity contribution is -0.136. The number of rotatable bonds is 5. The van der Waals surface area contributed by atoms with Crippen LogP contribution in [-0.2, 0) is 4.79 Å². The SMILES string of the molecule is N#CC(Cl)(Cl)Cl.O=CC(O)C(O)C(O)C(O)CO. The van der Waals surface area contributed by atoms with Crippen LogP contribution in [0, 0.1) is 11.3 Å². The Morgan fingerprint density at radius 2 is 1.56 bits per heavy atom. The summed E-state index contributed by atoms with van der Waals surface area (Å²) in [7, 11) is 0. The molecule has 0 aromatic rings. The van der Waals surface area contributed by atoms with Crippen molar-refractivity contribution in [3.8, 4) is 6.07 Å². The minimum Gasteiger partial charge on any atom is -0.394 e. The van der Waals surface area contributed by atoms with E-state index in [1.807, 2.05) is 0 Å². The van der Waals surface area contributed by atoms with E-state index in [0.29, 0.717) is 0 Å². The van der Waals surface area contributed by atoms with Crippen LogP contribution in [0.25, 0.3) is 0 Å². The zero-order valence-corrected chi connectivity index (χ0v) is 11.1. The summed E-state index contributed by atoms with van der Waals surface area (Å²) in [5.74, 6) is 0. The molecule has 10 heteroatoms. The second-order valence-corrected chi connectivity index (χ2v) is 5.25. The predicted octanol–water partition coefficient (Wildman–Crippen LogP) is -1.50. The maximum Gasteiger partial charge on any atom is 0.277 e. The van der Waals surface area contributed by atoms with E-state index >= 15 is 0 Å². The molecule has 0 fully saturated rings. The monoisotopic (exact) mass is 323 g/mol. The number of alkyl halides is 3. The summed E-state index contributed by atoms with van der Waals surface area (Å²) in [5, 5.41) is 51.3. The lowest BCUT2D eigenvalue weighted by atomic mass is 10.0. The van der Waals surface area contributed by atoms with Crippen LogP contribution in [0.5, 0.6) is 0 Å². The molecular weight excluding hydrogens is 312 g/mol. The smallest absolute Gasteiger partial charge is 0.277 e. The van der Waals surface area contributed by atoms with Gasteiger partial charge in [-0.05, 0) is 0 Å². The van der Waals surface area contributed by atoms with Crippen LogP contribution < -0.4 is 0 Å². The number of halogens is 3. The van der Waals surface area contributed by atoms with E-state index in [9.17, 15) is 4.79 Å². The van der Waals surface area contributed by atoms with E-state index in [1.54, 1.807) is 0 Å². The van der Waals surface area contributed by atoms with Crippen molar-refractivity contribution in [2.24, 2.45) is 0 Å². The second-order valence-electron chi connectivity index (χ2n) is 2.97. The first-order valence-electron chi connectivity index (χ1n) is 4.37. The Hall–Kier alpha value is -0.170. The number of carbonyl (C=O) groups excluding carboxylic acids is 1. The molecule has 0 aromatic heterocycles. The van der Waals surface area contributed by atoms with Gasteiger partial charge in [0.25, 0.3) is 3.79 Å². The van der Waals surface area contributed by atoms with E-state index in [1.165, 1.54) is 6.07 Å². The highest BCUT2D eigenvalue weighted by Gasteiger charge is 2.29. The average Bonchev–Trinajstić information content (AvgIpc) is 2.34. The van der Waals surface area contributed by atoms with E-state index in [-0.39, 0.29) is 6.29 Å². The summed E-state index contributed by atoms with van der Waals surface area (Å²) >= 11 is 14.7. The first kappa shape index (κ1) is 20.2. The van der Waals surface area contributed by atoms with E-state index in [0.717, 1.165) is 0 Å². The maximum atomic E-state index is 9.90. The van der Waals surface area contributed by atoms with Gasteiger partial charge in [-0.3, -0.25) is 0 Å². The highest BCUT2D eigenvalue weighted by atomic mass is 35.6. The summed E-state index contributed by atoms with van der Waals surface area (Å²) in [5.41, 5.74) is 0. The minimum absolute atomic E-state index is 0.0258. The molecule has 0 saturated carbocycles. The third kappa shape index (κ3) is 9.82. The molecule has 5 N–H and O–H groups in total. The lowest BCUT2D eigenvalue weighted by Gasteiger charge is -2.22. The Labute approximate surface area is 118 Å². The van der Waals surface area contributed by atoms with Gasteiger partial charge in [0.1, 0.15) is 30.5 Å². The van der Waals surface area contributed by atoms with Crippen LogP contribution >= 0.6 is 34.8 Å². The summed E-state index contributed by atoms with van der Waals surface area (Å²) in [6.45, 7) is -0.760. The molecule has 0 radical (unpaired) electrons. The van der Waals surface area contributed by atoms with Crippen LogP contribution in [0.4, 0.5) is 0 Å². The topological polar surface area (TPSA) is 142 Å². The van der Waals surface area contributed by atoms with Crippen molar-refractivity contribution in [1.82, 2.24) is 0 Å². The summed E-state index contributed by atoms with van der Waals surface area (Å²) in [6, 6.07) is 1.40. The largest absolute Gasteiger partial charge is 0.394 e. The number of nitrogens with zero attached hydrogens (tertiary/aromatic N) is 1. The Kier molecular flexibility index (Phi) is 10.9. The molecule has 4 unspecified atom stereocenters. The van der Waals surface area contributed by atoms with Crippen molar-refractivity contribution in [3.63, 3.8) is 0 Å². The van der Waals surface area contributed by atoms with Gasteiger partial charge in [0.05, 0.1) is 6.61 Å². The van der Waals surface area contributed by atoms with E-state index in [4.69, 9.17) is 65.6 Å². The van der Waals surface area contributed by atoms with Crippen LogP contribution in [0.3, 0.4) is 0 Å². The fraction of sp³-hybridized carbons (Fsp3) is 0.750. The van der Waals surface area contributed by atoms with Crippen LogP contribution in [0.2, 0.25) is 0 Å². The molecule has 0 aliphatic rings. The standard InChI is InChI=1S/C6H12O6.C2Cl3N/c7-1-3(9)5(11)6(12)4(10)2-8;3-2(4,5)1-6/h1,3-6,8-12H,2H2;. The van der Waals surface area contributed by atoms with Gasteiger partial charge in [0.2, 0.25) is 0 Å². The molecule has 18 heavy (non-hydrogen) atoms. The van der Waals surface area contributed by atoms with Gasteiger partial charge in [-0.15, -0.1) is 0 Å². The molecule has 0 rings (SSSR count). The van der Waals surface area contributed by atoms with Gasteiger partial charge in [-0.25, -0.2) is 0 Å². The molecule has 0 aromatic carbocycles. The molecule has 0 bridgehead atoms. The van der Waals surface area contributed by atoms with Crippen molar-refractivity contribution in [1.29, 1.82) is 5.26 Å². The van der Waals surface area contributed by atoms with Crippen LogP contribution in [-0.4, -0.2) is 66.6 Å². The van der Waals surface area contributed by atoms with Crippen molar-refractivity contribution in [3.05, 3.63) is 0 Å². The van der Waals surface area contributed by atoms with Gasteiger partial charge in [-0.2, -0.15) is 5.26 Å². The zero-order chi connectivity index (χ0) is 14.9. The highest BCUT2D eigenvalue weighted by molar-refractivity contribution is 6.69. The molecule has 0 heterocycles. The summed E-state index contributed by atoms with van der Waals surface area (Å²) in [6.07, 6.45) is -6.84. The molecule has 7 nitrogen and oxygen atoms in total. The fourth-order valence-electron chi connectivity index (χ4n) is 0.618. The molecule has 0 saturated heterocycles. The van der Waals surface area contributed by atoms with Gasteiger partial charge in [0.15, 0.2) is 6.29 Å². The minimum atomic E-state index is -1.79. The third-order valence-corrected chi connectivity index (χ3v) is 1.80. The number of hydrogen-bond acceptors (Lipinski definition) is 7. The van der Waals surface area contributed by atoms with Crippen LogP contribution in [0.15, 0.2) is 0 Å². The van der Waals surface area contributed by atoms with Gasteiger partial charge in [0, 0.05) is 0 Å². The lowest BCUT2D eigenvalue weighted by Crippen LogP contribution is -2.46. The number of carbonyl (C=O) groups is 1. The number of hydrogen-bond donors (Lipinski definition) is 5. The summed E-state index contributed by atoms with van der Waals surface area (Å²) in [4.78, 5) is 9.90. The predicted molar refractivity (Wildman–Crippen MR) is 63.1 cm³/mol. The fourth-order valence-corrected chi connectivity index (χ4v) is 0.618. The van der Waals surface area contributed by atoms with Gasteiger partial charge in [-0.1, -0.05) is 34.8 Å². The van der Waals surface area contributed by atoms with Crippen molar-refractivity contribution in [2.75, 3.05) is 6.61 Å².